The van der Waals surface area contributed by atoms with Crippen molar-refractivity contribution in [3.8, 4) is 0 Å². The van der Waals surface area contributed by atoms with Crippen LogP contribution >= 0.6 is 0 Å². The minimum absolute atomic E-state index is 0.181. The Morgan fingerprint density at radius 3 is 2.54 bits per heavy atom. The van der Waals surface area contributed by atoms with E-state index >= 15 is 0 Å². The zero-order valence-corrected chi connectivity index (χ0v) is 22.2. The van der Waals surface area contributed by atoms with Crippen molar-refractivity contribution in [2.75, 3.05) is 6.61 Å². The molecule has 3 aliphatic carbocycles. The summed E-state index contributed by atoms with van der Waals surface area (Å²) in [5, 5.41) is 15.3. The molecule has 3 aliphatic rings. The van der Waals surface area contributed by atoms with E-state index in [2.05, 4.69) is 50.5 Å². The van der Waals surface area contributed by atoms with Gasteiger partial charge in [0.05, 0.1) is 6.61 Å². The van der Waals surface area contributed by atoms with E-state index in [1.54, 1.807) is 0 Å². The fourth-order valence-electron chi connectivity index (χ4n) is 6.00. The molecule has 0 aromatic carbocycles. The molecule has 2 fully saturated rings. The van der Waals surface area contributed by atoms with Gasteiger partial charge < -0.3 is 15.7 Å². The lowest BCUT2D eigenvalue weighted by Crippen LogP contribution is -2.52. The molecule has 0 radical (unpaired) electrons. The number of carbonyl (C=O) groups is 2. The number of allylic oxidation sites excluding steroid dienone is 9. The first kappa shape index (κ1) is 27.2. The van der Waals surface area contributed by atoms with Gasteiger partial charge in [0.15, 0.2) is 0 Å². The van der Waals surface area contributed by atoms with Crippen LogP contribution < -0.4 is 10.6 Å². The van der Waals surface area contributed by atoms with Crippen LogP contribution in [-0.2, 0) is 9.59 Å². The van der Waals surface area contributed by atoms with Crippen LogP contribution in [0.5, 0.6) is 0 Å². The van der Waals surface area contributed by atoms with Gasteiger partial charge in [0.1, 0.15) is 6.04 Å². The fraction of sp³-hybridized carbons (Fsp3) is 0.600. The van der Waals surface area contributed by atoms with Gasteiger partial charge in [-0.3, -0.25) is 9.59 Å². The van der Waals surface area contributed by atoms with E-state index < -0.39 is 12.6 Å². The fourth-order valence-corrected chi connectivity index (χ4v) is 6.00. The molecular weight excluding hydrogens is 436 g/mol. The van der Waals surface area contributed by atoms with E-state index in [-0.39, 0.29) is 23.3 Å². The molecule has 2 saturated carbocycles. The number of rotatable bonds is 9. The molecule has 5 heteroatoms. The summed E-state index contributed by atoms with van der Waals surface area (Å²) in [6.45, 7) is 10.4. The molecule has 0 saturated heterocycles. The minimum Gasteiger partial charge on any atom is -0.394 e. The second kappa shape index (κ2) is 12.0. The van der Waals surface area contributed by atoms with Crippen molar-refractivity contribution in [1.82, 2.24) is 10.6 Å². The van der Waals surface area contributed by atoms with Crippen LogP contribution in [0.2, 0.25) is 0 Å². The van der Waals surface area contributed by atoms with E-state index in [4.69, 9.17) is 0 Å². The summed E-state index contributed by atoms with van der Waals surface area (Å²) in [6.07, 6.45) is 20.0. The Morgan fingerprint density at radius 1 is 1.14 bits per heavy atom. The van der Waals surface area contributed by atoms with E-state index in [1.807, 2.05) is 25.2 Å². The Morgan fingerprint density at radius 2 is 1.91 bits per heavy atom. The Bertz CT molecular complexity index is 951. The van der Waals surface area contributed by atoms with Crippen molar-refractivity contribution in [3.63, 3.8) is 0 Å². The normalized spacial score (nSPS) is 27.7. The molecule has 0 aromatic rings. The number of aliphatic hydroxyl groups is 1. The molecule has 2 bridgehead atoms. The summed E-state index contributed by atoms with van der Waals surface area (Å²) in [5.74, 6) is 0.597. The van der Waals surface area contributed by atoms with Crippen molar-refractivity contribution < 1.29 is 14.7 Å². The van der Waals surface area contributed by atoms with E-state index in [1.165, 1.54) is 55.7 Å². The van der Waals surface area contributed by atoms with Crippen LogP contribution in [0.3, 0.4) is 0 Å². The standard InChI is InChI=1S/C30H44N2O3/c1-20(11-14-25-22(3)10-7-15-30(25,4)5)8-6-9-21(2)16-28(34)31-27(19-33)29(35)32-26-18-23-12-13-24(26)17-23/h6,8-9,11,14,16,23-24,26-27,33H,7,10,12-13,15,17-19H2,1-5H3,(H,31,34)(H,32,35)/t23?,24?,26?,27-/m0/s1. The summed E-state index contributed by atoms with van der Waals surface area (Å²) in [6, 6.07) is -0.746. The average molecular weight is 481 g/mol. The first-order valence-corrected chi connectivity index (χ1v) is 13.2. The van der Waals surface area contributed by atoms with Crippen molar-refractivity contribution in [1.29, 1.82) is 0 Å². The average Bonchev–Trinajstić information content (AvgIpc) is 3.40. The van der Waals surface area contributed by atoms with Crippen molar-refractivity contribution in [2.24, 2.45) is 17.3 Å². The largest absolute Gasteiger partial charge is 0.394 e. The molecule has 192 valence electrons. The summed E-state index contributed by atoms with van der Waals surface area (Å²) in [5.41, 5.74) is 5.06. The summed E-state index contributed by atoms with van der Waals surface area (Å²) >= 11 is 0. The Kier molecular flexibility index (Phi) is 9.34. The van der Waals surface area contributed by atoms with Gasteiger partial charge in [-0.25, -0.2) is 0 Å². The monoisotopic (exact) mass is 480 g/mol. The molecule has 4 atom stereocenters. The van der Waals surface area contributed by atoms with Crippen LogP contribution in [0.4, 0.5) is 0 Å². The number of amides is 2. The summed E-state index contributed by atoms with van der Waals surface area (Å²) in [7, 11) is 0. The van der Waals surface area contributed by atoms with Crippen LogP contribution in [0.25, 0.3) is 0 Å². The van der Waals surface area contributed by atoms with Crippen LogP contribution in [-0.4, -0.2) is 35.6 Å². The third-order valence-electron chi connectivity index (χ3n) is 8.01. The van der Waals surface area contributed by atoms with Gasteiger partial charge in [0.25, 0.3) is 0 Å². The SMILES string of the molecule is CC(C=CC1=C(C)CCCC1(C)C)=CC=CC(C)=CC(=O)N[C@@H](CO)C(=O)NC1CC2CCC1C2. The second-order valence-electron chi connectivity index (χ2n) is 11.5. The maximum Gasteiger partial charge on any atom is 0.245 e. The molecule has 3 N–H and O–H groups in total. The molecule has 2 amide bonds. The zero-order valence-electron chi connectivity index (χ0n) is 22.2. The van der Waals surface area contributed by atoms with Gasteiger partial charge in [0, 0.05) is 12.1 Å². The molecule has 5 nitrogen and oxygen atoms in total. The number of aliphatic hydroxyl groups excluding tert-OH is 1. The molecule has 0 spiro atoms. The highest BCUT2D eigenvalue weighted by molar-refractivity contribution is 5.93. The van der Waals surface area contributed by atoms with Gasteiger partial charge in [-0.2, -0.15) is 0 Å². The quantitative estimate of drug-likeness (QED) is 0.309. The zero-order chi connectivity index (χ0) is 25.6. The maximum absolute atomic E-state index is 12.6. The van der Waals surface area contributed by atoms with E-state index in [9.17, 15) is 14.7 Å². The molecule has 3 unspecified atom stereocenters. The highest BCUT2D eigenvalue weighted by Gasteiger charge is 2.40. The molecule has 0 aliphatic heterocycles. The second-order valence-corrected chi connectivity index (χ2v) is 11.5. The van der Waals surface area contributed by atoms with Crippen LogP contribution in [0, 0.1) is 17.3 Å². The number of nitrogens with one attached hydrogen (secondary N) is 2. The smallest absolute Gasteiger partial charge is 0.245 e. The summed E-state index contributed by atoms with van der Waals surface area (Å²) < 4.78 is 0. The first-order chi connectivity index (χ1) is 16.6. The Balaban J connectivity index is 1.50. The van der Waals surface area contributed by atoms with Crippen LogP contribution in [0.15, 0.2) is 58.7 Å². The number of hydrogen-bond donors (Lipinski definition) is 3. The third-order valence-corrected chi connectivity index (χ3v) is 8.01. The lowest BCUT2D eigenvalue weighted by molar-refractivity contribution is -0.128. The topological polar surface area (TPSA) is 78.4 Å². The number of hydrogen-bond acceptors (Lipinski definition) is 3. The molecule has 35 heavy (non-hydrogen) atoms. The third kappa shape index (κ3) is 7.54. The highest BCUT2D eigenvalue weighted by Crippen LogP contribution is 2.44. The molecular formula is C30H44N2O3. The summed E-state index contributed by atoms with van der Waals surface area (Å²) in [4.78, 5) is 25.0. The predicted molar refractivity (Wildman–Crippen MR) is 143 cm³/mol. The van der Waals surface area contributed by atoms with Crippen LogP contribution in [0.1, 0.15) is 79.6 Å². The number of fused-ring (bicyclic) bond motifs is 2. The lowest BCUT2D eigenvalue weighted by atomic mass is 9.72. The Labute approximate surface area is 211 Å². The number of carbonyl (C=O) groups excluding carboxylic acids is 2. The lowest BCUT2D eigenvalue weighted by Gasteiger charge is -2.32. The predicted octanol–water partition coefficient (Wildman–Crippen LogP) is 5.30. The van der Waals surface area contributed by atoms with Crippen molar-refractivity contribution in [3.05, 3.63) is 58.7 Å². The maximum atomic E-state index is 12.6. The van der Waals surface area contributed by atoms with E-state index in [0.29, 0.717) is 5.92 Å². The minimum atomic E-state index is -0.927. The highest BCUT2D eigenvalue weighted by atomic mass is 16.3. The molecule has 0 aromatic heterocycles. The molecule has 3 rings (SSSR count). The van der Waals surface area contributed by atoms with Crippen molar-refractivity contribution in [2.45, 2.75) is 91.6 Å². The van der Waals surface area contributed by atoms with Gasteiger partial charge in [0.2, 0.25) is 11.8 Å². The van der Waals surface area contributed by atoms with Gasteiger partial charge in [-0.1, -0.05) is 61.8 Å². The first-order valence-electron chi connectivity index (χ1n) is 13.2. The van der Waals surface area contributed by atoms with Crippen molar-refractivity contribution >= 4 is 11.8 Å². The Hall–Kier alpha value is -2.40. The van der Waals surface area contributed by atoms with Gasteiger partial charge >= 0.3 is 0 Å². The van der Waals surface area contributed by atoms with Gasteiger partial charge in [-0.05, 0) is 87.7 Å². The molecule has 0 heterocycles. The van der Waals surface area contributed by atoms with E-state index in [0.717, 1.165) is 23.5 Å². The van der Waals surface area contributed by atoms with Gasteiger partial charge in [-0.15, -0.1) is 0 Å².